The zero-order valence-corrected chi connectivity index (χ0v) is 34.6. The number of carbonyl (C=O) groups excluding carboxylic acids is 1. The van der Waals surface area contributed by atoms with Crippen LogP contribution in [-0.2, 0) is 23.7 Å². The van der Waals surface area contributed by atoms with E-state index in [-0.39, 0.29) is 12.5 Å². The van der Waals surface area contributed by atoms with Crippen molar-refractivity contribution in [3.8, 4) is 0 Å². The largest absolute Gasteiger partial charge is 0.394 e. The van der Waals surface area contributed by atoms with E-state index in [2.05, 4.69) is 19.2 Å². The van der Waals surface area contributed by atoms with Crippen molar-refractivity contribution < 1.29 is 64.6 Å². The van der Waals surface area contributed by atoms with E-state index < -0.39 is 86.8 Å². The van der Waals surface area contributed by atoms with Crippen LogP contribution in [0.3, 0.4) is 0 Å². The van der Waals surface area contributed by atoms with Gasteiger partial charge in [-0.2, -0.15) is 0 Å². The Morgan fingerprint density at radius 1 is 0.571 bits per heavy atom. The molecule has 2 aliphatic heterocycles. The Balaban J connectivity index is 1.84. The molecule has 1 amide bonds. The highest BCUT2D eigenvalue weighted by atomic mass is 16.7. The molecule has 0 radical (unpaired) electrons. The van der Waals surface area contributed by atoms with Gasteiger partial charge in [0.1, 0.15) is 48.8 Å². The van der Waals surface area contributed by atoms with Crippen molar-refractivity contribution in [3.05, 3.63) is 0 Å². The molecule has 0 aliphatic carbocycles. The number of carbonyl (C=O) groups is 1. The molecule has 332 valence electrons. The van der Waals surface area contributed by atoms with Crippen LogP contribution in [0.2, 0.25) is 0 Å². The van der Waals surface area contributed by atoms with Gasteiger partial charge < -0.3 is 65.1 Å². The highest BCUT2D eigenvalue weighted by molar-refractivity contribution is 5.76. The third-order valence-corrected chi connectivity index (χ3v) is 11.3. The summed E-state index contributed by atoms with van der Waals surface area (Å²) in [4.78, 5) is 13.1. The Bertz CT molecular complexity index is 962. The maximum atomic E-state index is 13.1. The summed E-state index contributed by atoms with van der Waals surface area (Å²) < 4.78 is 22.6. The van der Waals surface area contributed by atoms with Crippen molar-refractivity contribution in [1.82, 2.24) is 5.32 Å². The van der Waals surface area contributed by atoms with Crippen LogP contribution in [0.1, 0.15) is 168 Å². The summed E-state index contributed by atoms with van der Waals surface area (Å²) in [6.45, 7) is 2.78. The first-order valence-electron chi connectivity index (χ1n) is 22.3. The fraction of sp³-hybridized carbons (Fsp3) is 0.976. The monoisotopic (exact) mass is 808 g/mol. The highest BCUT2D eigenvalue weighted by Gasteiger charge is 2.51. The first kappa shape index (κ1) is 51.1. The topological polar surface area (TPSA) is 228 Å². The van der Waals surface area contributed by atoms with Gasteiger partial charge in [-0.15, -0.1) is 0 Å². The van der Waals surface area contributed by atoms with Gasteiger partial charge in [0.2, 0.25) is 5.91 Å². The number of aliphatic hydroxyl groups is 8. The molecule has 0 aromatic rings. The van der Waals surface area contributed by atoms with E-state index in [1.807, 2.05) is 0 Å². The molecule has 9 N–H and O–H groups in total. The molecular weight excluding hydrogens is 726 g/mol. The van der Waals surface area contributed by atoms with Gasteiger partial charge in [-0.05, 0) is 12.8 Å². The van der Waals surface area contributed by atoms with Crippen LogP contribution in [0.5, 0.6) is 0 Å². The summed E-state index contributed by atoms with van der Waals surface area (Å²) in [7, 11) is 0. The molecule has 12 unspecified atom stereocenters. The minimum absolute atomic E-state index is 0.210. The fourth-order valence-corrected chi connectivity index (χ4v) is 7.59. The molecule has 0 saturated carbocycles. The van der Waals surface area contributed by atoms with Crippen LogP contribution in [0.15, 0.2) is 0 Å². The molecule has 14 nitrogen and oxygen atoms in total. The summed E-state index contributed by atoms with van der Waals surface area (Å²) in [5.74, 6) is -0.210. The van der Waals surface area contributed by atoms with E-state index in [0.29, 0.717) is 12.8 Å². The van der Waals surface area contributed by atoms with E-state index in [9.17, 15) is 45.6 Å². The van der Waals surface area contributed by atoms with Gasteiger partial charge >= 0.3 is 0 Å². The summed E-state index contributed by atoms with van der Waals surface area (Å²) >= 11 is 0. The van der Waals surface area contributed by atoms with E-state index >= 15 is 0 Å². The van der Waals surface area contributed by atoms with Crippen LogP contribution in [0.4, 0.5) is 0 Å². The third-order valence-electron chi connectivity index (χ3n) is 11.3. The normalized spacial score (nSPS) is 29.3. The molecule has 2 heterocycles. The highest BCUT2D eigenvalue weighted by Crippen LogP contribution is 2.30. The molecule has 0 aromatic heterocycles. The lowest BCUT2D eigenvalue weighted by molar-refractivity contribution is -0.359. The number of rotatable bonds is 33. The van der Waals surface area contributed by atoms with E-state index in [4.69, 9.17) is 18.9 Å². The number of unbranched alkanes of at least 4 members (excludes halogenated alkanes) is 20. The van der Waals surface area contributed by atoms with E-state index in [0.717, 1.165) is 51.4 Å². The maximum Gasteiger partial charge on any atom is 0.220 e. The summed E-state index contributed by atoms with van der Waals surface area (Å²) in [6, 6.07) is -0.817. The number of aliphatic hydroxyl groups excluding tert-OH is 8. The quantitative estimate of drug-likeness (QED) is 0.0430. The molecule has 2 fully saturated rings. The molecule has 0 spiro atoms. The molecule has 12 atom stereocenters. The third kappa shape index (κ3) is 19.4. The van der Waals surface area contributed by atoms with Crippen molar-refractivity contribution in [2.45, 2.75) is 242 Å². The first-order chi connectivity index (χ1) is 27.1. The molecule has 56 heavy (non-hydrogen) atoms. The molecule has 2 aliphatic rings. The second kappa shape index (κ2) is 30.9. The van der Waals surface area contributed by atoms with Crippen LogP contribution in [0.25, 0.3) is 0 Å². The molecule has 0 aromatic carbocycles. The Hall–Kier alpha value is -1.01. The Kier molecular flexibility index (Phi) is 28.3. The van der Waals surface area contributed by atoms with E-state index in [1.54, 1.807) is 0 Å². The smallest absolute Gasteiger partial charge is 0.220 e. The van der Waals surface area contributed by atoms with Crippen molar-refractivity contribution in [2.75, 3.05) is 19.8 Å². The lowest BCUT2D eigenvalue weighted by Gasteiger charge is -2.46. The van der Waals surface area contributed by atoms with Crippen molar-refractivity contribution in [1.29, 1.82) is 0 Å². The van der Waals surface area contributed by atoms with Crippen molar-refractivity contribution in [3.63, 3.8) is 0 Å². The van der Waals surface area contributed by atoms with Gasteiger partial charge in [0.25, 0.3) is 0 Å². The van der Waals surface area contributed by atoms with Crippen LogP contribution in [-0.4, -0.2) is 140 Å². The minimum Gasteiger partial charge on any atom is -0.394 e. The molecule has 0 bridgehead atoms. The van der Waals surface area contributed by atoms with Crippen molar-refractivity contribution >= 4 is 5.91 Å². The number of hydrogen-bond donors (Lipinski definition) is 9. The minimum atomic E-state index is -1.78. The number of hydrogen-bond acceptors (Lipinski definition) is 13. The SMILES string of the molecule is CCCCCCCCCCCCCCCCCC(=O)NC(COC1OC(CO)C(OC2OC(CO)C(O)C(O)C2O)C(O)C1O)C(O)CCCCCCCCC. The number of ether oxygens (including phenoxy) is 4. The molecule has 2 rings (SSSR count). The van der Waals surface area contributed by atoms with Gasteiger partial charge in [0.05, 0.1) is 32.0 Å². The molecule has 14 heteroatoms. The van der Waals surface area contributed by atoms with Gasteiger partial charge in [-0.3, -0.25) is 4.79 Å². The fourth-order valence-electron chi connectivity index (χ4n) is 7.59. The van der Waals surface area contributed by atoms with Gasteiger partial charge in [0, 0.05) is 6.42 Å². The Morgan fingerprint density at radius 2 is 1.02 bits per heavy atom. The second-order valence-electron chi connectivity index (χ2n) is 16.2. The lowest BCUT2D eigenvalue weighted by Crippen LogP contribution is -2.65. The Labute approximate surface area is 336 Å². The van der Waals surface area contributed by atoms with Gasteiger partial charge in [0.15, 0.2) is 12.6 Å². The second-order valence-corrected chi connectivity index (χ2v) is 16.2. The molecular formula is C42H81NO13. The van der Waals surface area contributed by atoms with Gasteiger partial charge in [-0.1, -0.05) is 149 Å². The first-order valence-corrected chi connectivity index (χ1v) is 22.3. The number of amides is 1. The van der Waals surface area contributed by atoms with E-state index in [1.165, 1.54) is 89.9 Å². The predicted molar refractivity (Wildman–Crippen MR) is 212 cm³/mol. The zero-order valence-electron chi connectivity index (χ0n) is 34.6. The zero-order chi connectivity index (χ0) is 41.1. The standard InChI is InChI=1S/C42H81NO13/c1-3-5-7-9-11-12-13-14-15-16-17-18-20-22-24-26-34(47)43-30(31(46)25-23-21-19-10-8-6-4-2)29-53-41-39(52)37(50)40(33(28-45)55-41)56-42-38(51)36(49)35(48)32(27-44)54-42/h30-33,35-42,44-46,48-52H,3-29H2,1-2H3,(H,43,47). The average Bonchev–Trinajstić information content (AvgIpc) is 3.19. The maximum absolute atomic E-state index is 13.1. The summed E-state index contributed by atoms with van der Waals surface area (Å²) in [5, 5.41) is 86.3. The van der Waals surface area contributed by atoms with Crippen molar-refractivity contribution in [2.24, 2.45) is 0 Å². The van der Waals surface area contributed by atoms with Crippen LogP contribution in [0, 0.1) is 0 Å². The predicted octanol–water partition coefficient (Wildman–Crippen LogP) is 3.88. The average molecular weight is 808 g/mol. The number of nitrogens with one attached hydrogen (secondary N) is 1. The lowest BCUT2D eigenvalue weighted by atomic mass is 9.97. The van der Waals surface area contributed by atoms with Crippen LogP contribution >= 0.6 is 0 Å². The Morgan fingerprint density at radius 3 is 1.52 bits per heavy atom. The molecule has 2 saturated heterocycles. The van der Waals surface area contributed by atoms with Gasteiger partial charge in [-0.25, -0.2) is 0 Å². The summed E-state index contributed by atoms with van der Waals surface area (Å²) in [6.07, 6.45) is 9.99. The summed E-state index contributed by atoms with van der Waals surface area (Å²) in [5.41, 5.74) is 0. The van der Waals surface area contributed by atoms with Crippen LogP contribution < -0.4 is 5.32 Å².